The first-order valence-corrected chi connectivity index (χ1v) is 14.9. The van der Waals surface area contributed by atoms with E-state index in [1.54, 1.807) is 11.8 Å². The molecule has 0 bridgehead atoms. The van der Waals surface area contributed by atoms with Gasteiger partial charge in [0.2, 0.25) is 18.6 Å². The minimum absolute atomic E-state index is 0.0561. The zero-order valence-corrected chi connectivity index (χ0v) is 25.6. The largest absolute Gasteiger partial charge is 0.507 e. The first-order chi connectivity index (χ1) is 18.7. The molecule has 0 radical (unpaired) electrons. The summed E-state index contributed by atoms with van der Waals surface area (Å²) in [5.41, 5.74) is 3.35. The third-order valence-electron chi connectivity index (χ3n) is 7.28. The molecule has 0 spiro atoms. The van der Waals surface area contributed by atoms with E-state index < -0.39 is 0 Å². The number of benzene rings is 2. The molecule has 2 aliphatic heterocycles. The van der Waals surface area contributed by atoms with Crippen molar-refractivity contribution >= 4 is 23.6 Å². The number of nitrogens with one attached hydrogen (secondary N) is 1. The van der Waals surface area contributed by atoms with E-state index in [1.807, 2.05) is 35.0 Å². The van der Waals surface area contributed by atoms with Crippen LogP contribution in [0.1, 0.15) is 75.6 Å². The molecule has 1 unspecified atom stereocenters. The number of hydrogen-bond donors (Lipinski definition) is 2. The van der Waals surface area contributed by atoms with Gasteiger partial charge in [0, 0.05) is 19.6 Å². The molecule has 2 amide bonds. The van der Waals surface area contributed by atoms with Gasteiger partial charge in [0.1, 0.15) is 11.1 Å². The van der Waals surface area contributed by atoms with E-state index in [4.69, 9.17) is 9.47 Å². The zero-order chi connectivity index (χ0) is 29.2. The number of fused-ring (bicyclic) bond motifs is 1. The first-order valence-electron chi connectivity index (χ1n) is 13.9. The molecule has 0 aromatic heterocycles. The van der Waals surface area contributed by atoms with Crippen LogP contribution in [0.5, 0.6) is 17.2 Å². The van der Waals surface area contributed by atoms with Crippen LogP contribution in [0.15, 0.2) is 30.3 Å². The lowest BCUT2D eigenvalue weighted by molar-refractivity contribution is -0.128. The Morgan fingerprint density at radius 1 is 1.07 bits per heavy atom. The van der Waals surface area contributed by atoms with Crippen LogP contribution >= 0.6 is 11.8 Å². The molecule has 1 atom stereocenters. The number of likely N-dealkylation sites (N-methyl/N-ethyl adjacent to an activating group) is 1. The normalized spacial score (nSPS) is 17.1. The van der Waals surface area contributed by atoms with Gasteiger partial charge in [-0.2, -0.15) is 0 Å². The zero-order valence-electron chi connectivity index (χ0n) is 24.8. The number of nitrogens with zero attached hydrogens (tertiary/aromatic N) is 2. The van der Waals surface area contributed by atoms with Crippen LogP contribution in [0.3, 0.4) is 0 Å². The third-order valence-corrected chi connectivity index (χ3v) is 8.54. The molecular formula is C31H43N3O5S. The number of phenols is 1. The van der Waals surface area contributed by atoms with Crippen molar-refractivity contribution in [2.75, 3.05) is 39.2 Å². The van der Waals surface area contributed by atoms with Gasteiger partial charge in [-0.05, 0) is 70.8 Å². The highest BCUT2D eigenvalue weighted by atomic mass is 32.2. The molecule has 2 aromatic rings. The molecule has 0 saturated carbocycles. The maximum atomic E-state index is 12.9. The Morgan fingerprint density at radius 3 is 2.38 bits per heavy atom. The van der Waals surface area contributed by atoms with Gasteiger partial charge in [-0.25, -0.2) is 0 Å². The molecule has 9 heteroatoms. The average molecular weight is 570 g/mol. The summed E-state index contributed by atoms with van der Waals surface area (Å²) in [6.45, 7) is 14.8. The molecule has 218 valence electrons. The van der Waals surface area contributed by atoms with Crippen molar-refractivity contribution in [3.05, 3.63) is 52.6 Å². The number of rotatable bonds is 9. The summed E-state index contributed by atoms with van der Waals surface area (Å²) < 4.78 is 10.7. The fraction of sp³-hybridized carbons (Fsp3) is 0.548. The van der Waals surface area contributed by atoms with Crippen LogP contribution in [-0.2, 0) is 27.0 Å². The first kappa shape index (κ1) is 30.1. The molecule has 1 saturated heterocycles. The highest BCUT2D eigenvalue weighted by Gasteiger charge is 2.35. The van der Waals surface area contributed by atoms with Crippen molar-refractivity contribution in [1.29, 1.82) is 0 Å². The Kier molecular flexibility index (Phi) is 8.95. The number of phenolic OH excluding ortho intramolecular Hbond substituents is 1. The van der Waals surface area contributed by atoms with Crippen molar-refractivity contribution in [2.24, 2.45) is 0 Å². The van der Waals surface area contributed by atoms with Crippen LogP contribution in [0.25, 0.3) is 0 Å². The van der Waals surface area contributed by atoms with E-state index in [9.17, 15) is 14.7 Å². The minimum atomic E-state index is -0.232. The molecular weight excluding hydrogens is 526 g/mol. The second kappa shape index (κ2) is 11.9. The highest BCUT2D eigenvalue weighted by Crippen LogP contribution is 2.45. The van der Waals surface area contributed by atoms with Crippen molar-refractivity contribution in [2.45, 2.75) is 70.7 Å². The molecule has 2 N–H and O–H groups in total. The fourth-order valence-corrected chi connectivity index (χ4v) is 6.26. The predicted molar refractivity (Wildman–Crippen MR) is 159 cm³/mol. The monoisotopic (exact) mass is 569 g/mol. The lowest BCUT2D eigenvalue weighted by Crippen LogP contribution is -2.37. The number of ether oxygens (including phenoxy) is 2. The Balaban J connectivity index is 1.33. The molecule has 0 aliphatic carbocycles. The van der Waals surface area contributed by atoms with Crippen LogP contribution in [-0.4, -0.2) is 65.9 Å². The van der Waals surface area contributed by atoms with Gasteiger partial charge < -0.3 is 24.8 Å². The lowest BCUT2D eigenvalue weighted by atomic mass is 9.78. The molecule has 8 nitrogen and oxygen atoms in total. The van der Waals surface area contributed by atoms with E-state index in [0.29, 0.717) is 36.9 Å². The van der Waals surface area contributed by atoms with Crippen LogP contribution < -0.4 is 14.8 Å². The number of amides is 2. The summed E-state index contributed by atoms with van der Waals surface area (Å²) in [7, 11) is 1.92. The number of carbonyl (C=O) groups excluding carboxylic acids is 2. The number of hydrogen-bond acceptors (Lipinski definition) is 7. The standard InChI is InChI=1S/C31H43N3O5S/c1-30(2,3)22-14-21(15-23(28(22)37)31(4,5)6)29-34(27(36)18-40-29)12-8-11-33(7)17-26(35)32-16-20-9-10-24-25(13-20)39-19-38-24/h9-10,13-15,29,37H,8,11-12,16-19H2,1-7H3,(H,32,35). The summed E-state index contributed by atoms with van der Waals surface area (Å²) >= 11 is 1.64. The van der Waals surface area contributed by atoms with Gasteiger partial charge in [-0.15, -0.1) is 11.8 Å². The van der Waals surface area contributed by atoms with Crippen molar-refractivity contribution < 1.29 is 24.2 Å². The highest BCUT2D eigenvalue weighted by molar-refractivity contribution is 8.00. The summed E-state index contributed by atoms with van der Waals surface area (Å²) in [4.78, 5) is 29.3. The Labute approximate surface area is 242 Å². The molecule has 2 aliphatic rings. The topological polar surface area (TPSA) is 91.3 Å². The average Bonchev–Trinajstić information content (AvgIpc) is 3.47. The van der Waals surface area contributed by atoms with Crippen molar-refractivity contribution in [3.8, 4) is 17.2 Å². The van der Waals surface area contributed by atoms with E-state index in [-0.39, 0.29) is 41.4 Å². The summed E-state index contributed by atoms with van der Waals surface area (Å²) in [6.07, 6.45) is 0.755. The van der Waals surface area contributed by atoms with E-state index in [1.165, 1.54) is 0 Å². The van der Waals surface area contributed by atoms with Crippen LogP contribution in [0, 0.1) is 0 Å². The van der Waals surface area contributed by atoms with E-state index in [2.05, 4.69) is 59.0 Å². The maximum absolute atomic E-state index is 12.9. The van der Waals surface area contributed by atoms with Gasteiger partial charge >= 0.3 is 0 Å². The summed E-state index contributed by atoms with van der Waals surface area (Å²) in [5, 5.41) is 14.0. The Bertz CT molecular complexity index is 1220. The van der Waals surface area contributed by atoms with Gasteiger partial charge in [0.15, 0.2) is 11.5 Å². The number of thioether (sulfide) groups is 1. The molecule has 4 rings (SSSR count). The molecule has 1 fully saturated rings. The molecule has 40 heavy (non-hydrogen) atoms. The number of aromatic hydroxyl groups is 1. The van der Waals surface area contributed by atoms with Gasteiger partial charge in [-0.3, -0.25) is 14.5 Å². The lowest BCUT2D eigenvalue weighted by Gasteiger charge is -2.31. The van der Waals surface area contributed by atoms with Gasteiger partial charge in [0.25, 0.3) is 0 Å². The minimum Gasteiger partial charge on any atom is -0.507 e. The van der Waals surface area contributed by atoms with E-state index in [0.717, 1.165) is 34.4 Å². The third kappa shape index (κ3) is 7.04. The van der Waals surface area contributed by atoms with Crippen LogP contribution in [0.2, 0.25) is 0 Å². The summed E-state index contributed by atoms with van der Waals surface area (Å²) in [5.74, 6) is 2.29. The fourth-order valence-electron chi connectivity index (χ4n) is 5.06. The Morgan fingerprint density at radius 2 is 1.73 bits per heavy atom. The second-order valence-electron chi connectivity index (χ2n) is 12.8. The van der Waals surface area contributed by atoms with E-state index >= 15 is 0 Å². The molecule has 2 heterocycles. The quantitative estimate of drug-likeness (QED) is 0.443. The predicted octanol–water partition coefficient (Wildman–Crippen LogP) is 4.93. The maximum Gasteiger partial charge on any atom is 0.234 e. The van der Waals surface area contributed by atoms with Crippen molar-refractivity contribution in [3.63, 3.8) is 0 Å². The van der Waals surface area contributed by atoms with Gasteiger partial charge in [0.05, 0.1) is 12.3 Å². The summed E-state index contributed by atoms with van der Waals surface area (Å²) in [6, 6.07) is 9.81. The Hall–Kier alpha value is -2.91. The molecule has 2 aromatic carbocycles. The van der Waals surface area contributed by atoms with Crippen LogP contribution in [0.4, 0.5) is 0 Å². The SMILES string of the molecule is CN(CCCN1C(=O)CSC1c1cc(C(C)(C)C)c(O)c(C(C)(C)C)c1)CC(=O)NCc1ccc2c(c1)OCO2. The second-order valence-corrected chi connectivity index (χ2v) is 13.8. The number of carbonyl (C=O) groups is 2. The smallest absolute Gasteiger partial charge is 0.234 e. The van der Waals surface area contributed by atoms with Crippen molar-refractivity contribution in [1.82, 2.24) is 15.1 Å². The van der Waals surface area contributed by atoms with Gasteiger partial charge in [-0.1, -0.05) is 47.6 Å².